The Balaban J connectivity index is 1.30. The molecule has 4 N–H and O–H groups in total. The van der Waals surface area contributed by atoms with Crippen molar-refractivity contribution in [3.05, 3.63) is 84.7 Å². The number of nitrogens with one attached hydrogen (secondary N) is 4. The molecule has 1 amide bonds. The lowest BCUT2D eigenvalue weighted by molar-refractivity contribution is -0.512. The van der Waals surface area contributed by atoms with Crippen molar-refractivity contribution in [3.8, 4) is 0 Å². The lowest BCUT2D eigenvalue weighted by Crippen LogP contribution is -2.86. The van der Waals surface area contributed by atoms with E-state index in [0.717, 1.165) is 28.0 Å². The van der Waals surface area contributed by atoms with Crippen molar-refractivity contribution in [2.75, 3.05) is 5.32 Å². The number of carbonyl (C=O) groups is 1. The summed E-state index contributed by atoms with van der Waals surface area (Å²) in [6, 6.07) is 23.3. The summed E-state index contributed by atoms with van der Waals surface area (Å²) >= 11 is 0. The molecule has 41 heavy (non-hydrogen) atoms. The van der Waals surface area contributed by atoms with Crippen LogP contribution in [-0.4, -0.2) is 35.0 Å². The summed E-state index contributed by atoms with van der Waals surface area (Å²) in [4.78, 5) is 22.2. The normalized spacial score (nSPS) is 17.8. The summed E-state index contributed by atoms with van der Waals surface area (Å²) in [6.07, 6.45) is 16.5. The van der Waals surface area contributed by atoms with E-state index in [1.807, 2.05) is 30.5 Å². The first kappa shape index (κ1) is 27.3. The molecule has 0 aliphatic heterocycles. The van der Waals surface area contributed by atoms with Crippen LogP contribution < -0.4 is 20.9 Å². The first-order valence-corrected chi connectivity index (χ1v) is 15.5. The van der Waals surface area contributed by atoms with Gasteiger partial charge >= 0.3 is 5.96 Å². The number of nitrogens with zero attached hydrogens (tertiary/aromatic N) is 1. The zero-order chi connectivity index (χ0) is 27.9. The highest BCUT2D eigenvalue weighted by atomic mass is 16.2. The molecule has 6 heteroatoms. The number of benzene rings is 3. The molecule has 2 fully saturated rings. The summed E-state index contributed by atoms with van der Waals surface area (Å²) in [5.41, 5.74) is 1.92. The third-order valence-electron chi connectivity index (χ3n) is 8.74. The molecule has 1 atom stereocenters. The van der Waals surface area contributed by atoms with Gasteiger partial charge in [-0.2, -0.15) is 0 Å². The summed E-state index contributed by atoms with van der Waals surface area (Å²) in [7, 11) is 0. The van der Waals surface area contributed by atoms with Crippen LogP contribution in [0.4, 0.5) is 5.69 Å². The Bertz CT molecular complexity index is 1500. The van der Waals surface area contributed by atoms with Gasteiger partial charge in [0, 0.05) is 24.2 Å². The number of rotatable bonds is 7. The molecule has 0 unspecified atom stereocenters. The Labute approximate surface area is 243 Å². The van der Waals surface area contributed by atoms with E-state index >= 15 is 0 Å². The molecule has 1 aromatic heterocycles. The van der Waals surface area contributed by atoms with Crippen molar-refractivity contribution >= 4 is 39.1 Å². The van der Waals surface area contributed by atoms with Crippen LogP contribution in [-0.2, 0) is 11.2 Å². The SMILES string of the molecule is O=C(Nc1cccc2ccncc12)[C@@H](Cc1ccc2ccccc2c1)NC(NC1CCCCC1)=[NH+]C1CCCCC1. The molecular formula is C35H42N5O+. The number of anilines is 1. The van der Waals surface area contributed by atoms with E-state index in [1.165, 1.54) is 75.0 Å². The van der Waals surface area contributed by atoms with Crippen molar-refractivity contribution in [2.24, 2.45) is 0 Å². The minimum Gasteiger partial charge on any atom is -0.322 e. The van der Waals surface area contributed by atoms with Crippen molar-refractivity contribution in [1.82, 2.24) is 15.6 Å². The zero-order valence-electron chi connectivity index (χ0n) is 23.9. The third-order valence-corrected chi connectivity index (χ3v) is 8.74. The topological polar surface area (TPSA) is 80.0 Å². The summed E-state index contributed by atoms with van der Waals surface area (Å²) in [5.74, 6) is 0.854. The predicted molar refractivity (Wildman–Crippen MR) is 168 cm³/mol. The standard InChI is InChI=1S/C35H41N5O/c41-34(39-32-17-9-12-27-20-21-36-24-31(27)32)33(23-25-18-19-26-10-7-8-11-28(26)22-25)40-35(37-29-13-3-1-4-14-29)38-30-15-5-2-6-16-30/h7-12,17-22,24,29-30,33H,1-6,13-16,23H2,(H,39,41)(H2,37,38,40)/p+1/t33-/m1/s1. The maximum atomic E-state index is 14.1. The van der Waals surface area contributed by atoms with Crippen LogP contribution in [0.3, 0.4) is 0 Å². The number of aromatic nitrogens is 1. The minimum absolute atomic E-state index is 0.0529. The fraction of sp³-hybridized carbons (Fsp3) is 0.400. The number of hydrogen-bond acceptors (Lipinski definition) is 2. The van der Waals surface area contributed by atoms with Gasteiger partial charge in [-0.25, -0.2) is 0 Å². The van der Waals surface area contributed by atoms with E-state index in [-0.39, 0.29) is 5.91 Å². The molecule has 2 aliphatic carbocycles. The van der Waals surface area contributed by atoms with Crippen LogP contribution in [0.25, 0.3) is 21.5 Å². The molecule has 0 spiro atoms. The summed E-state index contributed by atoms with van der Waals surface area (Å²) < 4.78 is 0. The Kier molecular flexibility index (Phi) is 8.74. The van der Waals surface area contributed by atoms with Crippen LogP contribution in [0.5, 0.6) is 0 Å². The van der Waals surface area contributed by atoms with Crippen LogP contribution in [0.2, 0.25) is 0 Å². The maximum Gasteiger partial charge on any atom is 0.344 e. The van der Waals surface area contributed by atoms with E-state index in [1.54, 1.807) is 6.20 Å². The van der Waals surface area contributed by atoms with Crippen LogP contribution in [0.15, 0.2) is 79.1 Å². The monoisotopic (exact) mass is 548 g/mol. The van der Waals surface area contributed by atoms with Crippen LogP contribution in [0.1, 0.15) is 69.8 Å². The number of fused-ring (bicyclic) bond motifs is 2. The van der Waals surface area contributed by atoms with Gasteiger partial charge < -0.3 is 5.32 Å². The van der Waals surface area contributed by atoms with Gasteiger partial charge in [-0.15, -0.1) is 0 Å². The lowest BCUT2D eigenvalue weighted by atomic mass is 9.95. The van der Waals surface area contributed by atoms with Crippen LogP contribution in [0, 0.1) is 0 Å². The van der Waals surface area contributed by atoms with Gasteiger partial charge in [-0.05, 0) is 59.5 Å². The molecule has 1 heterocycles. The average Bonchev–Trinajstić information content (AvgIpc) is 3.02. The Morgan fingerprint density at radius 1 is 0.829 bits per heavy atom. The molecule has 0 bridgehead atoms. The first-order chi connectivity index (χ1) is 20.2. The second-order valence-electron chi connectivity index (χ2n) is 11.8. The second kappa shape index (κ2) is 13.2. The molecule has 212 valence electrons. The Hall–Kier alpha value is -3.93. The fourth-order valence-electron chi connectivity index (χ4n) is 6.45. The molecule has 2 aliphatic rings. The molecule has 6 nitrogen and oxygen atoms in total. The van der Waals surface area contributed by atoms with Gasteiger partial charge in [-0.1, -0.05) is 93.1 Å². The Morgan fingerprint density at radius 3 is 2.41 bits per heavy atom. The van der Waals surface area contributed by atoms with Gasteiger partial charge in [-0.3, -0.25) is 25.4 Å². The Morgan fingerprint density at radius 2 is 1.59 bits per heavy atom. The van der Waals surface area contributed by atoms with Crippen molar-refractivity contribution in [1.29, 1.82) is 0 Å². The van der Waals surface area contributed by atoms with Gasteiger partial charge in [0.2, 0.25) is 0 Å². The third kappa shape index (κ3) is 7.05. The number of amides is 1. The highest BCUT2D eigenvalue weighted by Gasteiger charge is 2.29. The number of pyridine rings is 1. The van der Waals surface area contributed by atoms with Crippen molar-refractivity contribution < 1.29 is 9.79 Å². The first-order valence-electron chi connectivity index (χ1n) is 15.5. The van der Waals surface area contributed by atoms with Gasteiger partial charge in [0.05, 0.1) is 17.8 Å². The van der Waals surface area contributed by atoms with E-state index in [2.05, 4.69) is 68.4 Å². The van der Waals surface area contributed by atoms with Gasteiger partial charge in [0.1, 0.15) is 0 Å². The fourth-order valence-corrected chi connectivity index (χ4v) is 6.45. The molecule has 2 saturated carbocycles. The predicted octanol–water partition coefficient (Wildman–Crippen LogP) is 5.22. The van der Waals surface area contributed by atoms with E-state index in [9.17, 15) is 4.79 Å². The number of carbonyl (C=O) groups excluding carboxylic acids is 1. The number of guanidine groups is 1. The molecule has 0 radical (unpaired) electrons. The minimum atomic E-state index is -0.467. The molecule has 6 rings (SSSR count). The quantitative estimate of drug-likeness (QED) is 0.189. The molecule has 0 saturated heterocycles. The van der Waals surface area contributed by atoms with Gasteiger partial charge in [0.15, 0.2) is 6.04 Å². The van der Waals surface area contributed by atoms with Crippen LogP contribution >= 0.6 is 0 Å². The zero-order valence-corrected chi connectivity index (χ0v) is 23.9. The van der Waals surface area contributed by atoms with E-state index in [0.29, 0.717) is 18.5 Å². The van der Waals surface area contributed by atoms with Gasteiger partial charge in [0.25, 0.3) is 5.91 Å². The number of hydrogen-bond donors (Lipinski definition) is 4. The maximum absolute atomic E-state index is 14.1. The summed E-state index contributed by atoms with van der Waals surface area (Å²) in [6.45, 7) is 0. The van der Waals surface area contributed by atoms with Crippen molar-refractivity contribution in [2.45, 2.75) is 88.8 Å². The molecular weight excluding hydrogens is 506 g/mol. The van der Waals surface area contributed by atoms with Crippen molar-refractivity contribution in [3.63, 3.8) is 0 Å². The smallest absolute Gasteiger partial charge is 0.322 e. The summed E-state index contributed by atoms with van der Waals surface area (Å²) in [5, 5.41) is 15.1. The largest absolute Gasteiger partial charge is 0.344 e. The highest BCUT2D eigenvalue weighted by molar-refractivity contribution is 6.04. The van der Waals surface area contributed by atoms with E-state index in [4.69, 9.17) is 0 Å². The second-order valence-corrected chi connectivity index (χ2v) is 11.8. The highest BCUT2D eigenvalue weighted by Crippen LogP contribution is 2.23. The molecule has 4 aromatic rings. The average molecular weight is 549 g/mol. The van der Waals surface area contributed by atoms with E-state index < -0.39 is 6.04 Å². The lowest BCUT2D eigenvalue weighted by Gasteiger charge is -2.25. The molecule has 3 aromatic carbocycles.